The average Bonchev–Trinajstić information content (AvgIpc) is 3.45. The van der Waals surface area contributed by atoms with Crippen LogP contribution >= 0.6 is 0 Å². The molecule has 456 valence electrons. The zero-order chi connectivity index (χ0) is 57.1. The SMILES string of the molecule is CC/C=C\C/C=C\C/C=C\C/C=C\C/C=C\CCCCCC(=O)OC(COC(=O)CCCCCCCCCCCCC/C=C\CCCCCCCC)COC(=O)CCCCCCCCCCCCC/C=C\CCCCCCCC. The van der Waals surface area contributed by atoms with Gasteiger partial charge in [-0.15, -0.1) is 0 Å². The third-order valence-corrected chi connectivity index (χ3v) is 14.9. The van der Waals surface area contributed by atoms with Crippen molar-refractivity contribution >= 4 is 17.9 Å². The minimum atomic E-state index is -0.796. The van der Waals surface area contributed by atoms with Crippen LogP contribution in [-0.2, 0) is 28.6 Å². The molecule has 0 aliphatic heterocycles. The number of carbonyl (C=O) groups is 3. The van der Waals surface area contributed by atoms with Crippen molar-refractivity contribution in [1.29, 1.82) is 0 Å². The van der Waals surface area contributed by atoms with Crippen LogP contribution in [-0.4, -0.2) is 37.2 Å². The van der Waals surface area contributed by atoms with Gasteiger partial charge in [0, 0.05) is 19.3 Å². The van der Waals surface area contributed by atoms with Gasteiger partial charge in [-0.2, -0.15) is 0 Å². The van der Waals surface area contributed by atoms with Gasteiger partial charge in [-0.3, -0.25) is 14.4 Å². The van der Waals surface area contributed by atoms with Crippen LogP contribution in [0.15, 0.2) is 85.1 Å². The maximum Gasteiger partial charge on any atom is 0.306 e. The summed E-state index contributed by atoms with van der Waals surface area (Å²) in [4.78, 5) is 38.4. The normalized spacial score (nSPS) is 12.3. The standard InChI is InChI=1S/C73H128O6/c1-4-7-10-13-16-19-22-25-28-31-34-36-39-41-44-47-50-53-56-59-62-65-71(74)77-68-70(79-73(76)67-64-61-58-55-52-49-46-43-38-33-30-27-24-21-18-15-12-9-6-3)69-78-72(75)66-63-60-57-54-51-48-45-42-40-37-35-32-29-26-23-20-17-14-11-8-5-2/h9,12,18,21,25-30,38,43,49,52,70H,4-8,10-11,13-17,19-20,22-24,31-37,39-42,44-48,50-51,53-69H2,1-3H3/b12-9-,21-18-,28-25-,29-26-,30-27-,43-38-,52-49-. The maximum absolute atomic E-state index is 12.9. The number of carbonyl (C=O) groups excluding carboxylic acids is 3. The van der Waals surface area contributed by atoms with E-state index in [9.17, 15) is 14.4 Å². The number of esters is 3. The summed E-state index contributed by atoms with van der Waals surface area (Å²) in [5.74, 6) is -0.906. The van der Waals surface area contributed by atoms with Crippen LogP contribution in [0.3, 0.4) is 0 Å². The summed E-state index contributed by atoms with van der Waals surface area (Å²) in [6.45, 7) is 6.54. The lowest BCUT2D eigenvalue weighted by atomic mass is 10.0. The molecule has 0 aromatic heterocycles. The maximum atomic E-state index is 12.9. The Bertz CT molecular complexity index is 1430. The fourth-order valence-electron chi connectivity index (χ4n) is 9.76. The number of hydrogen-bond acceptors (Lipinski definition) is 6. The molecule has 0 saturated heterocycles. The molecule has 0 atom stereocenters. The average molecular weight is 1100 g/mol. The predicted molar refractivity (Wildman–Crippen MR) is 344 cm³/mol. The number of rotatable bonds is 62. The van der Waals surface area contributed by atoms with Gasteiger partial charge in [-0.05, 0) is 116 Å². The Morgan fingerprint density at radius 3 is 0.797 bits per heavy atom. The van der Waals surface area contributed by atoms with E-state index in [-0.39, 0.29) is 31.1 Å². The molecule has 0 aromatic carbocycles. The summed E-state index contributed by atoms with van der Waals surface area (Å²) in [5.41, 5.74) is 0. The summed E-state index contributed by atoms with van der Waals surface area (Å²) in [7, 11) is 0. The molecule has 6 heteroatoms. The molecule has 0 aliphatic rings. The van der Waals surface area contributed by atoms with Crippen molar-refractivity contribution in [3.8, 4) is 0 Å². The highest BCUT2D eigenvalue weighted by atomic mass is 16.6. The fourth-order valence-corrected chi connectivity index (χ4v) is 9.76. The molecular formula is C73H128O6. The van der Waals surface area contributed by atoms with Crippen molar-refractivity contribution in [2.75, 3.05) is 13.2 Å². The van der Waals surface area contributed by atoms with Crippen LogP contribution < -0.4 is 0 Å². The van der Waals surface area contributed by atoms with Crippen LogP contribution in [0.4, 0.5) is 0 Å². The number of unbranched alkanes of at least 4 members (excludes halogenated alkanes) is 37. The van der Waals surface area contributed by atoms with Gasteiger partial charge in [0.05, 0.1) is 0 Å². The van der Waals surface area contributed by atoms with Crippen molar-refractivity contribution < 1.29 is 28.6 Å². The zero-order valence-electron chi connectivity index (χ0n) is 52.4. The molecule has 0 unspecified atom stereocenters. The Morgan fingerprint density at radius 2 is 0.494 bits per heavy atom. The van der Waals surface area contributed by atoms with E-state index in [4.69, 9.17) is 14.2 Å². The van der Waals surface area contributed by atoms with E-state index in [1.165, 1.54) is 205 Å². The Hall–Kier alpha value is -3.41. The minimum Gasteiger partial charge on any atom is -0.462 e. The van der Waals surface area contributed by atoms with Crippen molar-refractivity contribution in [1.82, 2.24) is 0 Å². The summed E-state index contributed by atoms with van der Waals surface area (Å²) < 4.78 is 17.0. The Morgan fingerprint density at radius 1 is 0.266 bits per heavy atom. The molecule has 0 heterocycles. The van der Waals surface area contributed by atoms with Gasteiger partial charge >= 0.3 is 17.9 Å². The molecule has 6 nitrogen and oxygen atoms in total. The molecule has 0 N–H and O–H groups in total. The molecule has 0 bridgehead atoms. The van der Waals surface area contributed by atoms with Gasteiger partial charge in [0.25, 0.3) is 0 Å². The minimum absolute atomic E-state index is 0.0887. The van der Waals surface area contributed by atoms with Crippen LogP contribution in [0.1, 0.15) is 342 Å². The lowest BCUT2D eigenvalue weighted by Gasteiger charge is -2.18. The van der Waals surface area contributed by atoms with E-state index in [2.05, 4.69) is 106 Å². The van der Waals surface area contributed by atoms with Crippen molar-refractivity contribution in [3.63, 3.8) is 0 Å². The van der Waals surface area contributed by atoms with E-state index in [1.54, 1.807) is 0 Å². The Labute approximate surface area is 490 Å². The van der Waals surface area contributed by atoms with E-state index in [1.807, 2.05) is 0 Å². The van der Waals surface area contributed by atoms with Crippen molar-refractivity contribution in [2.24, 2.45) is 0 Å². The van der Waals surface area contributed by atoms with Crippen LogP contribution in [0.2, 0.25) is 0 Å². The summed E-state index contributed by atoms with van der Waals surface area (Å²) in [6.07, 6.45) is 88.8. The van der Waals surface area contributed by atoms with Crippen molar-refractivity contribution in [2.45, 2.75) is 348 Å². The Balaban J connectivity index is 4.40. The van der Waals surface area contributed by atoms with E-state index >= 15 is 0 Å². The van der Waals surface area contributed by atoms with E-state index in [0.29, 0.717) is 19.3 Å². The van der Waals surface area contributed by atoms with Gasteiger partial charge in [0.1, 0.15) is 13.2 Å². The number of hydrogen-bond donors (Lipinski definition) is 0. The lowest BCUT2D eigenvalue weighted by molar-refractivity contribution is -0.167. The molecule has 0 aliphatic carbocycles. The van der Waals surface area contributed by atoms with Gasteiger partial charge in [-0.25, -0.2) is 0 Å². The smallest absolute Gasteiger partial charge is 0.306 e. The highest BCUT2D eigenvalue weighted by Crippen LogP contribution is 2.17. The number of ether oxygens (including phenoxy) is 3. The lowest BCUT2D eigenvalue weighted by Crippen LogP contribution is -2.30. The first-order chi connectivity index (χ1) is 39.0. The summed E-state index contributed by atoms with van der Waals surface area (Å²) >= 11 is 0. The van der Waals surface area contributed by atoms with Gasteiger partial charge in [-0.1, -0.05) is 292 Å². The molecule has 0 spiro atoms. The third-order valence-electron chi connectivity index (χ3n) is 14.9. The molecule has 79 heavy (non-hydrogen) atoms. The number of allylic oxidation sites excluding steroid dienone is 14. The molecule has 0 saturated carbocycles. The van der Waals surface area contributed by atoms with Gasteiger partial charge < -0.3 is 14.2 Å². The summed E-state index contributed by atoms with van der Waals surface area (Å²) in [5, 5.41) is 0. The van der Waals surface area contributed by atoms with Crippen LogP contribution in [0.25, 0.3) is 0 Å². The highest BCUT2D eigenvalue weighted by molar-refractivity contribution is 5.71. The first-order valence-corrected chi connectivity index (χ1v) is 34.1. The fraction of sp³-hybridized carbons (Fsp3) is 0.767. The quantitative estimate of drug-likeness (QED) is 0.0261. The molecule has 0 radical (unpaired) electrons. The second-order valence-corrected chi connectivity index (χ2v) is 22.7. The van der Waals surface area contributed by atoms with E-state index < -0.39 is 6.10 Å². The van der Waals surface area contributed by atoms with Crippen molar-refractivity contribution in [3.05, 3.63) is 85.1 Å². The predicted octanol–water partition coefficient (Wildman–Crippen LogP) is 23.4. The topological polar surface area (TPSA) is 78.9 Å². The molecule has 0 aromatic rings. The molecule has 0 fully saturated rings. The first kappa shape index (κ1) is 75.6. The van der Waals surface area contributed by atoms with Crippen LogP contribution in [0.5, 0.6) is 0 Å². The zero-order valence-corrected chi connectivity index (χ0v) is 52.4. The molecular weight excluding hydrogens is 973 g/mol. The van der Waals surface area contributed by atoms with Gasteiger partial charge in [0.15, 0.2) is 6.10 Å². The monoisotopic (exact) mass is 1100 g/mol. The van der Waals surface area contributed by atoms with E-state index in [0.717, 1.165) is 96.3 Å². The third kappa shape index (κ3) is 65.3. The summed E-state index contributed by atoms with van der Waals surface area (Å²) in [6, 6.07) is 0. The molecule has 0 amide bonds. The second-order valence-electron chi connectivity index (χ2n) is 22.7. The van der Waals surface area contributed by atoms with Crippen LogP contribution in [0, 0.1) is 0 Å². The largest absolute Gasteiger partial charge is 0.462 e. The Kier molecular flexibility index (Phi) is 64.2. The first-order valence-electron chi connectivity index (χ1n) is 34.1. The molecule has 0 rings (SSSR count). The highest BCUT2D eigenvalue weighted by Gasteiger charge is 2.19. The van der Waals surface area contributed by atoms with Gasteiger partial charge in [0.2, 0.25) is 0 Å². The second kappa shape index (κ2) is 67.1.